The lowest BCUT2D eigenvalue weighted by molar-refractivity contribution is -0.158. The fourth-order valence-corrected chi connectivity index (χ4v) is 7.88. The predicted molar refractivity (Wildman–Crippen MR) is 90.6 cm³/mol. The van der Waals surface area contributed by atoms with E-state index in [0.29, 0.717) is 22.3 Å². The lowest BCUT2D eigenvalue weighted by Gasteiger charge is -2.67. The van der Waals surface area contributed by atoms with E-state index < -0.39 is 0 Å². The minimum absolute atomic E-state index is 0.514. The van der Waals surface area contributed by atoms with E-state index in [4.69, 9.17) is 0 Å². The Labute approximate surface area is 133 Å². The van der Waals surface area contributed by atoms with E-state index in [0.717, 1.165) is 12.5 Å². The normalized spacial score (nSPS) is 46.0. The van der Waals surface area contributed by atoms with Crippen LogP contribution in [-0.4, -0.2) is 6.54 Å². The van der Waals surface area contributed by atoms with E-state index >= 15 is 0 Å². The molecule has 3 atom stereocenters. The Morgan fingerprint density at radius 3 is 2.43 bits per heavy atom. The second kappa shape index (κ2) is 4.58. The van der Waals surface area contributed by atoms with Gasteiger partial charge >= 0.3 is 0 Å². The Morgan fingerprint density at radius 1 is 1.19 bits per heavy atom. The fraction of sp³-hybridized carbons (Fsp3) is 0.789. The summed E-state index contributed by atoms with van der Waals surface area (Å²) >= 11 is 1.86. The molecule has 0 saturated heterocycles. The lowest BCUT2D eigenvalue weighted by Crippen LogP contribution is -2.58. The van der Waals surface area contributed by atoms with Crippen molar-refractivity contribution in [2.75, 3.05) is 6.54 Å². The second-order valence-corrected chi connectivity index (χ2v) is 9.82. The Morgan fingerprint density at radius 2 is 1.90 bits per heavy atom. The van der Waals surface area contributed by atoms with Crippen LogP contribution in [-0.2, 0) is 0 Å². The summed E-state index contributed by atoms with van der Waals surface area (Å²) in [5, 5.41) is 8.52. The molecule has 0 aromatic carbocycles. The molecule has 3 unspecified atom stereocenters. The summed E-state index contributed by atoms with van der Waals surface area (Å²) in [6.07, 6.45) is 8.81. The second-order valence-electron chi connectivity index (χ2n) is 9.04. The van der Waals surface area contributed by atoms with Gasteiger partial charge < -0.3 is 5.32 Å². The fourth-order valence-electron chi connectivity index (χ4n) is 7.19. The maximum Gasteiger partial charge on any atom is 0.0385 e. The first-order valence-electron chi connectivity index (χ1n) is 8.72. The molecule has 2 heteroatoms. The number of rotatable bonds is 4. The van der Waals surface area contributed by atoms with Gasteiger partial charge in [-0.3, -0.25) is 0 Å². The third kappa shape index (κ3) is 2.21. The van der Waals surface area contributed by atoms with Gasteiger partial charge in [-0.15, -0.1) is 0 Å². The highest BCUT2D eigenvalue weighted by Crippen LogP contribution is 2.72. The first-order valence-corrected chi connectivity index (χ1v) is 9.66. The molecule has 21 heavy (non-hydrogen) atoms. The molecule has 0 radical (unpaired) electrons. The van der Waals surface area contributed by atoms with Crippen LogP contribution in [0.4, 0.5) is 0 Å². The van der Waals surface area contributed by atoms with Crippen molar-refractivity contribution < 1.29 is 0 Å². The summed E-state index contributed by atoms with van der Waals surface area (Å²) < 4.78 is 0. The highest BCUT2D eigenvalue weighted by atomic mass is 32.1. The van der Waals surface area contributed by atoms with Gasteiger partial charge in [0.05, 0.1) is 0 Å². The molecule has 4 fully saturated rings. The molecule has 116 valence electrons. The van der Waals surface area contributed by atoms with Gasteiger partial charge in [0.15, 0.2) is 0 Å². The standard InChI is InChI=1S/C19H29NS/c1-4-20-16(15-5-6-21-10-15)19-9-14-7-17(2,12-19)11-18(3,8-14)13-19/h5-6,10,14,16,20H,4,7-9,11-13H2,1-3H3. The van der Waals surface area contributed by atoms with E-state index in [-0.39, 0.29) is 0 Å². The van der Waals surface area contributed by atoms with E-state index in [9.17, 15) is 0 Å². The molecular weight excluding hydrogens is 274 g/mol. The van der Waals surface area contributed by atoms with Crippen LogP contribution < -0.4 is 5.32 Å². The molecule has 1 nitrogen and oxygen atoms in total. The first-order chi connectivity index (χ1) is 9.96. The molecule has 0 aliphatic heterocycles. The molecule has 1 N–H and O–H groups in total. The van der Waals surface area contributed by atoms with Crippen molar-refractivity contribution in [1.29, 1.82) is 0 Å². The van der Waals surface area contributed by atoms with Crippen molar-refractivity contribution in [3.63, 3.8) is 0 Å². The van der Waals surface area contributed by atoms with Gasteiger partial charge in [-0.25, -0.2) is 0 Å². The van der Waals surface area contributed by atoms with Gasteiger partial charge in [0.1, 0.15) is 0 Å². The molecule has 0 spiro atoms. The zero-order valence-electron chi connectivity index (χ0n) is 13.7. The monoisotopic (exact) mass is 303 g/mol. The smallest absolute Gasteiger partial charge is 0.0385 e. The van der Waals surface area contributed by atoms with Gasteiger partial charge in [-0.1, -0.05) is 20.8 Å². The molecule has 4 aliphatic rings. The van der Waals surface area contributed by atoms with E-state index in [1.807, 2.05) is 11.3 Å². The Kier molecular flexibility index (Phi) is 3.11. The molecule has 0 amide bonds. The Hall–Kier alpha value is -0.340. The van der Waals surface area contributed by atoms with Crippen molar-refractivity contribution in [1.82, 2.24) is 5.32 Å². The molecule has 1 aromatic heterocycles. The zero-order valence-corrected chi connectivity index (χ0v) is 14.6. The first kappa shape index (κ1) is 14.3. The van der Waals surface area contributed by atoms with Gasteiger partial charge in [0.2, 0.25) is 0 Å². The van der Waals surface area contributed by atoms with E-state index in [1.54, 1.807) is 5.56 Å². The highest BCUT2D eigenvalue weighted by molar-refractivity contribution is 7.07. The van der Waals surface area contributed by atoms with Gasteiger partial charge in [-0.2, -0.15) is 11.3 Å². The minimum atomic E-state index is 0.514. The van der Waals surface area contributed by atoms with Crippen LogP contribution in [0.5, 0.6) is 0 Å². The molecule has 5 rings (SSSR count). The van der Waals surface area contributed by atoms with Crippen LogP contribution in [0.1, 0.15) is 70.9 Å². The average Bonchev–Trinajstić information content (AvgIpc) is 2.84. The summed E-state index contributed by atoms with van der Waals surface area (Å²) in [7, 11) is 0. The van der Waals surface area contributed by atoms with Crippen molar-refractivity contribution in [3.8, 4) is 0 Å². The molecular formula is C19H29NS. The van der Waals surface area contributed by atoms with Crippen LogP contribution in [0.25, 0.3) is 0 Å². The van der Waals surface area contributed by atoms with Crippen LogP contribution >= 0.6 is 11.3 Å². The van der Waals surface area contributed by atoms with E-state index in [2.05, 4.69) is 42.9 Å². The number of hydrogen-bond donors (Lipinski definition) is 1. The summed E-state index contributed by atoms with van der Waals surface area (Å²) in [5.74, 6) is 0.982. The summed E-state index contributed by atoms with van der Waals surface area (Å²) in [6.45, 7) is 8.52. The zero-order chi connectivity index (χ0) is 14.7. The van der Waals surface area contributed by atoms with Gasteiger partial charge in [-0.05, 0) is 89.6 Å². The molecule has 1 aromatic rings. The van der Waals surface area contributed by atoms with Gasteiger partial charge in [0, 0.05) is 6.04 Å². The van der Waals surface area contributed by atoms with Crippen molar-refractivity contribution in [2.45, 2.75) is 65.3 Å². The van der Waals surface area contributed by atoms with E-state index in [1.165, 1.54) is 38.5 Å². The summed E-state index contributed by atoms with van der Waals surface area (Å²) in [4.78, 5) is 0. The number of nitrogens with one attached hydrogen (secondary N) is 1. The Bertz CT molecular complexity index is 502. The summed E-state index contributed by atoms with van der Waals surface area (Å²) in [6, 6.07) is 2.94. The van der Waals surface area contributed by atoms with Crippen LogP contribution in [0, 0.1) is 22.2 Å². The van der Waals surface area contributed by atoms with Crippen molar-refractivity contribution >= 4 is 11.3 Å². The number of thiophene rings is 1. The average molecular weight is 304 g/mol. The highest BCUT2D eigenvalue weighted by Gasteiger charge is 2.62. The van der Waals surface area contributed by atoms with Crippen molar-refractivity contribution in [2.24, 2.45) is 22.2 Å². The van der Waals surface area contributed by atoms with Gasteiger partial charge in [0.25, 0.3) is 0 Å². The largest absolute Gasteiger partial charge is 0.310 e. The van der Waals surface area contributed by atoms with Crippen molar-refractivity contribution in [3.05, 3.63) is 22.4 Å². The minimum Gasteiger partial charge on any atom is -0.310 e. The maximum atomic E-state index is 3.88. The molecule has 4 aliphatic carbocycles. The third-order valence-corrected chi connectivity index (χ3v) is 7.27. The predicted octanol–water partition coefficient (Wildman–Crippen LogP) is 5.40. The van der Waals surface area contributed by atoms with Crippen LogP contribution in [0.2, 0.25) is 0 Å². The van der Waals surface area contributed by atoms with Crippen LogP contribution in [0.3, 0.4) is 0 Å². The SMILES string of the molecule is CCNC(c1ccsc1)C12CC3CC(C)(CC(C)(C3)C1)C2. The Balaban J connectivity index is 1.75. The third-order valence-electron chi connectivity index (χ3n) is 6.57. The molecule has 4 bridgehead atoms. The molecule has 1 heterocycles. The lowest BCUT2D eigenvalue weighted by atomic mass is 9.39. The maximum absolute atomic E-state index is 3.88. The summed E-state index contributed by atoms with van der Waals surface area (Å²) in [5.41, 5.74) is 3.28. The quantitative estimate of drug-likeness (QED) is 0.785. The number of hydrogen-bond acceptors (Lipinski definition) is 2. The topological polar surface area (TPSA) is 12.0 Å². The molecule has 4 saturated carbocycles. The van der Waals surface area contributed by atoms with Crippen LogP contribution in [0.15, 0.2) is 16.8 Å².